The molecule has 0 radical (unpaired) electrons. The molecule has 4 nitrogen and oxygen atoms in total. The smallest absolute Gasteiger partial charge is 0.290 e. The van der Waals surface area contributed by atoms with Gasteiger partial charge in [0.05, 0.1) is 13.2 Å². The Morgan fingerprint density at radius 3 is 2.38 bits per heavy atom. The van der Waals surface area contributed by atoms with Crippen molar-refractivity contribution in [2.24, 2.45) is 0 Å². The fourth-order valence-corrected chi connectivity index (χ4v) is 4.10. The summed E-state index contributed by atoms with van der Waals surface area (Å²) in [5.74, 6) is 0.138. The summed E-state index contributed by atoms with van der Waals surface area (Å²) in [4.78, 5) is 14.8. The summed E-state index contributed by atoms with van der Waals surface area (Å²) in [6.45, 7) is 0.403. The van der Waals surface area contributed by atoms with Crippen LogP contribution in [0, 0.1) is 0 Å². The largest absolute Gasteiger partial charge is 0.503 e. The van der Waals surface area contributed by atoms with Gasteiger partial charge in [-0.15, -0.1) is 0 Å². The highest BCUT2D eigenvalue weighted by Crippen LogP contribution is 2.44. The van der Waals surface area contributed by atoms with Crippen molar-refractivity contribution in [2.45, 2.75) is 12.6 Å². The first-order valence-corrected chi connectivity index (χ1v) is 10.1. The van der Waals surface area contributed by atoms with Crippen LogP contribution >= 0.6 is 15.9 Å². The molecular formula is C24H20BrNO3. The third kappa shape index (κ3) is 3.78. The van der Waals surface area contributed by atoms with Crippen molar-refractivity contribution in [3.63, 3.8) is 0 Å². The molecule has 0 bridgehead atoms. The lowest BCUT2D eigenvalue weighted by Crippen LogP contribution is -2.29. The molecule has 0 aromatic heterocycles. The van der Waals surface area contributed by atoms with E-state index in [1.165, 1.54) is 0 Å². The molecule has 0 saturated heterocycles. The number of hydrogen-bond acceptors (Lipinski definition) is 3. The number of methoxy groups -OCH3 is 1. The minimum atomic E-state index is -0.395. The molecule has 1 amide bonds. The second-order valence-corrected chi connectivity index (χ2v) is 7.78. The Kier molecular flexibility index (Phi) is 5.41. The van der Waals surface area contributed by atoms with E-state index in [2.05, 4.69) is 15.9 Å². The van der Waals surface area contributed by atoms with Gasteiger partial charge in [-0.05, 0) is 41.0 Å². The number of rotatable bonds is 5. The molecule has 1 heterocycles. The standard InChI is InChI=1S/C24H20BrNO3/c1-29-20-12-10-17(11-13-20)21-22(18-8-5-9-19(25)14-18)26(24(28)23(21)27)15-16-6-3-2-4-7-16/h2-14,22,27H,15H2,1H3/t22-/m1/s1. The number of aliphatic hydroxyl groups is 1. The van der Waals surface area contributed by atoms with Gasteiger partial charge in [0, 0.05) is 16.6 Å². The minimum absolute atomic E-state index is 0.212. The van der Waals surface area contributed by atoms with E-state index in [-0.39, 0.29) is 11.7 Å². The molecule has 0 saturated carbocycles. The third-order valence-electron chi connectivity index (χ3n) is 5.06. The van der Waals surface area contributed by atoms with Crippen molar-refractivity contribution < 1.29 is 14.6 Å². The molecule has 0 fully saturated rings. The van der Waals surface area contributed by atoms with Crippen LogP contribution in [0.25, 0.3) is 5.57 Å². The maximum atomic E-state index is 13.1. The van der Waals surface area contributed by atoms with Gasteiger partial charge in [0.2, 0.25) is 0 Å². The minimum Gasteiger partial charge on any atom is -0.503 e. The molecule has 0 unspecified atom stereocenters. The zero-order chi connectivity index (χ0) is 20.4. The summed E-state index contributed by atoms with van der Waals surface area (Å²) in [5.41, 5.74) is 3.33. The number of carbonyl (C=O) groups excluding carboxylic acids is 1. The molecule has 0 spiro atoms. The number of halogens is 1. The van der Waals surface area contributed by atoms with Crippen molar-refractivity contribution in [1.29, 1.82) is 0 Å². The highest BCUT2D eigenvalue weighted by atomic mass is 79.9. The third-order valence-corrected chi connectivity index (χ3v) is 5.56. The Morgan fingerprint density at radius 2 is 1.72 bits per heavy atom. The number of benzene rings is 3. The van der Waals surface area contributed by atoms with Gasteiger partial charge in [-0.3, -0.25) is 4.79 Å². The molecule has 1 N–H and O–H groups in total. The van der Waals surface area contributed by atoms with E-state index in [1.807, 2.05) is 78.9 Å². The van der Waals surface area contributed by atoms with Gasteiger partial charge in [0.1, 0.15) is 5.75 Å². The predicted molar refractivity (Wildman–Crippen MR) is 116 cm³/mol. The predicted octanol–water partition coefficient (Wildman–Crippen LogP) is 5.51. The number of nitrogens with zero attached hydrogens (tertiary/aromatic N) is 1. The SMILES string of the molecule is COc1ccc(C2=C(O)C(=O)N(Cc3ccccc3)[C@@H]2c2cccc(Br)c2)cc1. The van der Waals surface area contributed by atoms with Crippen molar-refractivity contribution in [3.8, 4) is 5.75 Å². The molecule has 146 valence electrons. The second kappa shape index (κ2) is 8.13. The van der Waals surface area contributed by atoms with Gasteiger partial charge in [-0.1, -0.05) is 70.5 Å². The average molecular weight is 450 g/mol. The lowest BCUT2D eigenvalue weighted by molar-refractivity contribution is -0.130. The van der Waals surface area contributed by atoms with Crippen LogP contribution in [0.2, 0.25) is 0 Å². The first kappa shape index (κ1) is 19.3. The quantitative estimate of drug-likeness (QED) is 0.558. The van der Waals surface area contributed by atoms with Gasteiger partial charge in [-0.2, -0.15) is 0 Å². The molecule has 5 heteroatoms. The fraction of sp³-hybridized carbons (Fsp3) is 0.125. The van der Waals surface area contributed by atoms with Gasteiger partial charge in [-0.25, -0.2) is 0 Å². The van der Waals surface area contributed by atoms with Crippen LogP contribution in [0.3, 0.4) is 0 Å². The Morgan fingerprint density at radius 1 is 1.00 bits per heavy atom. The molecule has 3 aromatic carbocycles. The van der Waals surface area contributed by atoms with E-state index in [9.17, 15) is 9.90 Å². The normalized spacial score (nSPS) is 16.4. The maximum absolute atomic E-state index is 13.1. The van der Waals surface area contributed by atoms with Crippen molar-refractivity contribution in [2.75, 3.05) is 7.11 Å². The Labute approximate surface area is 178 Å². The number of hydrogen-bond donors (Lipinski definition) is 1. The molecule has 3 aromatic rings. The summed E-state index contributed by atoms with van der Waals surface area (Å²) in [6, 6.07) is 24.6. The average Bonchev–Trinajstić information content (AvgIpc) is 2.99. The zero-order valence-electron chi connectivity index (χ0n) is 15.9. The summed E-state index contributed by atoms with van der Waals surface area (Å²) < 4.78 is 6.16. The van der Waals surface area contributed by atoms with Crippen LogP contribution in [-0.4, -0.2) is 23.0 Å². The molecule has 0 aliphatic carbocycles. The number of carbonyl (C=O) groups is 1. The first-order valence-electron chi connectivity index (χ1n) is 9.26. The first-order chi connectivity index (χ1) is 14.1. The van der Waals surface area contributed by atoms with Gasteiger partial charge in [0.25, 0.3) is 5.91 Å². The van der Waals surface area contributed by atoms with Gasteiger partial charge < -0.3 is 14.7 Å². The second-order valence-electron chi connectivity index (χ2n) is 6.87. The van der Waals surface area contributed by atoms with Crippen molar-refractivity contribution >= 4 is 27.4 Å². The molecular weight excluding hydrogens is 430 g/mol. The summed E-state index contributed by atoms with van der Waals surface area (Å²) in [6.07, 6.45) is 0. The Bertz CT molecular complexity index is 1060. The van der Waals surface area contributed by atoms with Crippen LogP contribution in [0.1, 0.15) is 22.7 Å². The number of aliphatic hydroxyl groups excluding tert-OH is 1. The monoisotopic (exact) mass is 449 g/mol. The fourth-order valence-electron chi connectivity index (χ4n) is 3.69. The zero-order valence-corrected chi connectivity index (χ0v) is 17.5. The molecule has 1 aliphatic rings. The van der Waals surface area contributed by atoms with Gasteiger partial charge >= 0.3 is 0 Å². The van der Waals surface area contributed by atoms with E-state index in [0.717, 1.165) is 26.9 Å². The lowest BCUT2D eigenvalue weighted by atomic mass is 9.93. The topological polar surface area (TPSA) is 49.8 Å². The van der Waals surface area contributed by atoms with Crippen LogP contribution < -0.4 is 4.74 Å². The summed E-state index contributed by atoms with van der Waals surface area (Å²) in [5, 5.41) is 10.8. The van der Waals surface area contributed by atoms with E-state index in [4.69, 9.17) is 4.74 Å². The number of amides is 1. The highest BCUT2D eigenvalue weighted by molar-refractivity contribution is 9.10. The summed E-state index contributed by atoms with van der Waals surface area (Å²) in [7, 11) is 1.61. The summed E-state index contributed by atoms with van der Waals surface area (Å²) >= 11 is 3.52. The van der Waals surface area contributed by atoms with E-state index in [1.54, 1.807) is 12.0 Å². The Balaban J connectivity index is 1.81. The molecule has 29 heavy (non-hydrogen) atoms. The lowest BCUT2D eigenvalue weighted by Gasteiger charge is -2.27. The van der Waals surface area contributed by atoms with Crippen molar-refractivity contribution in [1.82, 2.24) is 4.90 Å². The maximum Gasteiger partial charge on any atom is 0.290 e. The number of ether oxygens (including phenoxy) is 1. The van der Waals surface area contributed by atoms with E-state index < -0.39 is 6.04 Å². The molecule has 4 rings (SSSR count). The van der Waals surface area contributed by atoms with Crippen LogP contribution in [0.15, 0.2) is 89.1 Å². The van der Waals surface area contributed by atoms with Crippen LogP contribution in [0.5, 0.6) is 5.75 Å². The van der Waals surface area contributed by atoms with Crippen LogP contribution in [0.4, 0.5) is 0 Å². The Hall–Kier alpha value is -3.05. The molecule has 1 aliphatic heterocycles. The van der Waals surface area contributed by atoms with Gasteiger partial charge in [0.15, 0.2) is 5.76 Å². The molecule has 1 atom stereocenters. The highest BCUT2D eigenvalue weighted by Gasteiger charge is 2.41. The van der Waals surface area contributed by atoms with E-state index in [0.29, 0.717) is 12.1 Å². The van der Waals surface area contributed by atoms with Crippen LogP contribution in [-0.2, 0) is 11.3 Å². The van der Waals surface area contributed by atoms with E-state index >= 15 is 0 Å². The van der Waals surface area contributed by atoms with Crippen molar-refractivity contribution in [3.05, 3.63) is 106 Å².